The second-order valence-electron chi connectivity index (χ2n) is 9.48. The number of nitrogens with zero attached hydrogens (tertiary/aromatic N) is 1. The van der Waals surface area contributed by atoms with Crippen molar-refractivity contribution in [2.24, 2.45) is 11.8 Å². The number of benzene rings is 3. The van der Waals surface area contributed by atoms with E-state index in [4.69, 9.17) is 4.74 Å². The molecule has 3 aromatic rings. The molecular formula is C29H23NO5. The van der Waals surface area contributed by atoms with E-state index < -0.39 is 31.0 Å². The zero-order valence-corrected chi connectivity index (χ0v) is 19.1. The van der Waals surface area contributed by atoms with Crippen LogP contribution in [-0.2, 0) is 19.1 Å². The van der Waals surface area contributed by atoms with Crippen LogP contribution in [0.25, 0.3) is 0 Å². The lowest BCUT2D eigenvalue weighted by Gasteiger charge is -2.45. The van der Waals surface area contributed by atoms with Crippen LogP contribution in [0.1, 0.15) is 50.0 Å². The molecule has 2 amide bonds. The van der Waals surface area contributed by atoms with Gasteiger partial charge in [0.15, 0.2) is 12.4 Å². The molecule has 3 aromatic carbocycles. The molecular weight excluding hydrogens is 442 g/mol. The average molecular weight is 466 g/mol. The minimum atomic E-state index is -0.770. The van der Waals surface area contributed by atoms with Gasteiger partial charge >= 0.3 is 5.97 Å². The van der Waals surface area contributed by atoms with Crippen molar-refractivity contribution >= 4 is 23.6 Å². The van der Waals surface area contributed by atoms with E-state index in [1.807, 2.05) is 67.6 Å². The van der Waals surface area contributed by atoms with E-state index in [2.05, 4.69) is 0 Å². The zero-order valence-electron chi connectivity index (χ0n) is 19.1. The summed E-state index contributed by atoms with van der Waals surface area (Å²) in [6.07, 6.45) is 0. The van der Waals surface area contributed by atoms with Gasteiger partial charge in [-0.2, -0.15) is 0 Å². The third kappa shape index (κ3) is 3.24. The van der Waals surface area contributed by atoms with Crippen LogP contribution in [0, 0.1) is 18.8 Å². The summed E-state index contributed by atoms with van der Waals surface area (Å²) >= 11 is 0. The highest BCUT2D eigenvalue weighted by Crippen LogP contribution is 2.60. The molecule has 0 radical (unpaired) electrons. The first-order chi connectivity index (χ1) is 17.0. The Morgan fingerprint density at radius 1 is 0.743 bits per heavy atom. The molecule has 1 heterocycles. The molecule has 0 aromatic heterocycles. The Bertz CT molecular complexity index is 1280. The van der Waals surface area contributed by atoms with Gasteiger partial charge in [-0.1, -0.05) is 78.4 Å². The Morgan fingerprint density at radius 2 is 1.20 bits per heavy atom. The van der Waals surface area contributed by atoms with Crippen molar-refractivity contribution in [2.45, 2.75) is 18.8 Å². The lowest BCUT2D eigenvalue weighted by molar-refractivity contribution is -0.152. The van der Waals surface area contributed by atoms with E-state index in [1.54, 1.807) is 12.1 Å². The number of carbonyl (C=O) groups is 4. The number of likely N-dealkylation sites (tertiary alicyclic amines) is 1. The zero-order chi connectivity index (χ0) is 24.3. The fourth-order valence-electron chi connectivity index (χ4n) is 6.04. The van der Waals surface area contributed by atoms with Crippen LogP contribution in [-0.4, -0.2) is 41.6 Å². The largest absolute Gasteiger partial charge is 0.456 e. The van der Waals surface area contributed by atoms with E-state index in [9.17, 15) is 19.2 Å². The fourth-order valence-corrected chi connectivity index (χ4v) is 6.04. The number of carbonyl (C=O) groups excluding carboxylic acids is 4. The standard InChI is InChI=1S/C29H23NO5/c1-16-10-12-17(13-11-16)22(31)15-35-23(32)14-30-28(33)26-24-18-6-2-3-7-19(18)25(27(26)29(30)34)21-9-5-4-8-20(21)24/h2-13,24-27H,14-15H2,1H3/t24?,25?,26-,27-/m0/s1. The van der Waals surface area contributed by atoms with Gasteiger partial charge in [0.1, 0.15) is 6.54 Å². The highest BCUT2D eigenvalue weighted by atomic mass is 16.5. The highest BCUT2D eigenvalue weighted by molar-refractivity contribution is 6.09. The van der Waals surface area contributed by atoms with Crippen molar-refractivity contribution in [2.75, 3.05) is 13.2 Å². The van der Waals surface area contributed by atoms with Crippen LogP contribution >= 0.6 is 0 Å². The molecule has 1 aliphatic heterocycles. The molecule has 6 heteroatoms. The molecule has 174 valence electrons. The van der Waals surface area contributed by atoms with Gasteiger partial charge in [-0.05, 0) is 29.2 Å². The predicted molar refractivity (Wildman–Crippen MR) is 127 cm³/mol. The van der Waals surface area contributed by atoms with E-state index in [0.29, 0.717) is 5.56 Å². The van der Waals surface area contributed by atoms with Gasteiger partial charge < -0.3 is 4.74 Å². The monoisotopic (exact) mass is 465 g/mol. The van der Waals surface area contributed by atoms with Gasteiger partial charge in [0.05, 0.1) is 11.8 Å². The molecule has 6 nitrogen and oxygen atoms in total. The maximum atomic E-state index is 13.5. The van der Waals surface area contributed by atoms with Gasteiger partial charge in [-0.3, -0.25) is 24.1 Å². The van der Waals surface area contributed by atoms with Crippen molar-refractivity contribution in [3.8, 4) is 0 Å². The number of ketones is 1. The maximum absolute atomic E-state index is 13.5. The molecule has 2 bridgehead atoms. The molecule has 0 N–H and O–H groups in total. The van der Waals surface area contributed by atoms with E-state index in [1.165, 1.54) is 0 Å². The number of amides is 2. The fraction of sp³-hybridized carbons (Fsp3) is 0.241. The molecule has 0 unspecified atom stereocenters. The topological polar surface area (TPSA) is 80.8 Å². The van der Waals surface area contributed by atoms with E-state index in [-0.39, 0.29) is 29.4 Å². The van der Waals surface area contributed by atoms with Gasteiger partial charge in [-0.15, -0.1) is 0 Å². The number of hydrogen-bond donors (Lipinski definition) is 0. The predicted octanol–water partition coefficient (Wildman–Crippen LogP) is 3.61. The Balaban J connectivity index is 1.23. The molecule has 35 heavy (non-hydrogen) atoms. The summed E-state index contributed by atoms with van der Waals surface area (Å²) in [5.41, 5.74) is 5.76. The van der Waals surface area contributed by atoms with Crippen molar-refractivity contribution in [3.63, 3.8) is 0 Å². The van der Waals surface area contributed by atoms with Crippen LogP contribution in [0.5, 0.6) is 0 Å². The molecule has 0 spiro atoms. The molecule has 1 saturated heterocycles. The van der Waals surface area contributed by atoms with Crippen LogP contribution in [0.4, 0.5) is 0 Å². The van der Waals surface area contributed by atoms with E-state index >= 15 is 0 Å². The second-order valence-corrected chi connectivity index (χ2v) is 9.48. The molecule has 3 aliphatic carbocycles. The number of aryl methyl sites for hydroxylation is 1. The average Bonchev–Trinajstić information content (AvgIpc) is 3.13. The van der Waals surface area contributed by atoms with Crippen LogP contribution in [0.3, 0.4) is 0 Å². The number of imide groups is 1. The molecule has 2 atom stereocenters. The van der Waals surface area contributed by atoms with Crippen molar-refractivity contribution in [1.29, 1.82) is 0 Å². The number of ether oxygens (including phenoxy) is 1. The number of hydrogen-bond acceptors (Lipinski definition) is 5. The number of esters is 1. The quantitative estimate of drug-likeness (QED) is 0.327. The number of rotatable bonds is 5. The maximum Gasteiger partial charge on any atom is 0.326 e. The summed E-state index contributed by atoms with van der Waals surface area (Å²) in [5.74, 6) is -3.33. The lowest BCUT2D eigenvalue weighted by atomic mass is 9.55. The summed E-state index contributed by atoms with van der Waals surface area (Å²) in [5, 5.41) is 0. The first-order valence-corrected chi connectivity index (χ1v) is 11.7. The first kappa shape index (κ1) is 21.5. The van der Waals surface area contributed by atoms with Crippen LogP contribution in [0.2, 0.25) is 0 Å². The second kappa shape index (κ2) is 8.01. The Hall–Kier alpha value is -4.06. The smallest absolute Gasteiger partial charge is 0.326 e. The minimum absolute atomic E-state index is 0.224. The van der Waals surface area contributed by atoms with Crippen LogP contribution in [0.15, 0.2) is 72.8 Å². The van der Waals surface area contributed by atoms with Gasteiger partial charge in [0.25, 0.3) is 0 Å². The summed E-state index contributed by atoms with van der Waals surface area (Å²) in [7, 11) is 0. The van der Waals surface area contributed by atoms with Crippen LogP contribution < -0.4 is 0 Å². The van der Waals surface area contributed by atoms with Crippen molar-refractivity contribution in [1.82, 2.24) is 4.90 Å². The molecule has 1 fully saturated rings. The summed E-state index contributed by atoms with van der Waals surface area (Å²) in [6, 6.07) is 22.9. The lowest BCUT2D eigenvalue weighted by Crippen LogP contribution is -2.41. The van der Waals surface area contributed by atoms with Gasteiger partial charge in [-0.25, -0.2) is 0 Å². The van der Waals surface area contributed by atoms with Crippen molar-refractivity contribution < 1.29 is 23.9 Å². The third-order valence-electron chi connectivity index (χ3n) is 7.56. The Labute approximate surface area is 202 Å². The minimum Gasteiger partial charge on any atom is -0.456 e. The third-order valence-corrected chi connectivity index (χ3v) is 7.56. The normalized spacial score (nSPS) is 23.5. The molecule has 0 saturated carbocycles. The Kier molecular flexibility index (Phi) is 4.92. The van der Waals surface area contributed by atoms with E-state index in [0.717, 1.165) is 32.7 Å². The summed E-state index contributed by atoms with van der Waals surface area (Å²) < 4.78 is 5.16. The summed E-state index contributed by atoms with van der Waals surface area (Å²) in [4.78, 5) is 53.0. The highest BCUT2D eigenvalue weighted by Gasteiger charge is 2.61. The summed E-state index contributed by atoms with van der Waals surface area (Å²) in [6.45, 7) is 0.990. The van der Waals surface area contributed by atoms with Gasteiger partial charge in [0, 0.05) is 17.4 Å². The van der Waals surface area contributed by atoms with Gasteiger partial charge in [0.2, 0.25) is 11.8 Å². The Morgan fingerprint density at radius 3 is 1.66 bits per heavy atom. The van der Waals surface area contributed by atoms with Crippen molar-refractivity contribution in [3.05, 3.63) is 106 Å². The SMILES string of the molecule is Cc1ccc(C(=O)COC(=O)CN2C(=O)[C@H]3C4c5ccccc5C(c5ccccc54)[C@@H]3C2=O)cc1. The molecule has 4 aliphatic rings. The molecule has 7 rings (SSSR count). The number of Topliss-reactive ketones (excluding diaryl/α,β-unsaturated/α-hetero) is 1. The first-order valence-electron chi connectivity index (χ1n) is 11.7.